The van der Waals surface area contributed by atoms with E-state index in [1.165, 1.54) is 10.9 Å². The number of amides is 2. The van der Waals surface area contributed by atoms with Gasteiger partial charge in [0.05, 0.1) is 6.20 Å². The Labute approximate surface area is 138 Å². The first-order chi connectivity index (χ1) is 11.1. The molecule has 1 aliphatic carbocycles. The normalized spacial score (nSPS) is 14.1. The van der Waals surface area contributed by atoms with Crippen molar-refractivity contribution in [3.63, 3.8) is 0 Å². The van der Waals surface area contributed by atoms with E-state index >= 15 is 0 Å². The largest absolute Gasteiger partial charge is 0.324 e. The number of nitrogens with zero attached hydrogens (tertiary/aromatic N) is 3. The van der Waals surface area contributed by atoms with E-state index < -0.39 is 0 Å². The minimum absolute atomic E-state index is 0.00118. The van der Waals surface area contributed by atoms with Crippen LogP contribution in [0.1, 0.15) is 19.3 Å². The standard InChI is InChI=1S/C15H16ClN5O2/c16-11-5-2-6-12(7-11)17-14(22)9-21-8-13(19-20-21)18-15(23)10-3-1-4-10/h2,5-8,10H,1,3-4,9H2,(H,17,22)(H,18,23). The van der Waals surface area contributed by atoms with Gasteiger partial charge in [-0.15, -0.1) is 5.10 Å². The lowest BCUT2D eigenvalue weighted by molar-refractivity contribution is -0.122. The SMILES string of the molecule is O=C(Cn1cc(NC(=O)C2CCC2)nn1)Nc1cccc(Cl)c1. The van der Waals surface area contributed by atoms with Gasteiger partial charge in [-0.2, -0.15) is 0 Å². The molecule has 23 heavy (non-hydrogen) atoms. The molecule has 8 heteroatoms. The Hall–Kier alpha value is -2.41. The van der Waals surface area contributed by atoms with Crippen LogP contribution in [-0.4, -0.2) is 26.8 Å². The summed E-state index contributed by atoms with van der Waals surface area (Å²) >= 11 is 5.86. The number of aromatic nitrogens is 3. The molecule has 0 spiro atoms. The molecule has 3 rings (SSSR count). The van der Waals surface area contributed by atoms with Crippen LogP contribution in [0.2, 0.25) is 5.02 Å². The van der Waals surface area contributed by atoms with E-state index in [0.29, 0.717) is 16.5 Å². The molecular weight excluding hydrogens is 318 g/mol. The highest BCUT2D eigenvalue weighted by atomic mass is 35.5. The topological polar surface area (TPSA) is 88.9 Å². The van der Waals surface area contributed by atoms with Crippen molar-refractivity contribution in [3.05, 3.63) is 35.5 Å². The highest BCUT2D eigenvalue weighted by Gasteiger charge is 2.25. The fourth-order valence-electron chi connectivity index (χ4n) is 2.25. The highest BCUT2D eigenvalue weighted by molar-refractivity contribution is 6.30. The maximum absolute atomic E-state index is 12.0. The molecule has 0 unspecified atom stereocenters. The monoisotopic (exact) mass is 333 g/mol. The fourth-order valence-corrected chi connectivity index (χ4v) is 2.44. The second-order valence-electron chi connectivity index (χ2n) is 5.48. The molecule has 1 aromatic heterocycles. The highest BCUT2D eigenvalue weighted by Crippen LogP contribution is 2.27. The summed E-state index contributed by atoms with van der Waals surface area (Å²) in [6.45, 7) is -0.00118. The molecule has 0 atom stereocenters. The molecule has 0 saturated heterocycles. The molecule has 1 saturated carbocycles. The number of rotatable bonds is 5. The van der Waals surface area contributed by atoms with Crippen LogP contribution in [0.25, 0.3) is 0 Å². The van der Waals surface area contributed by atoms with Crippen molar-refractivity contribution in [2.75, 3.05) is 10.6 Å². The maximum atomic E-state index is 12.0. The Bertz CT molecular complexity index is 726. The van der Waals surface area contributed by atoms with Crippen molar-refractivity contribution in [1.29, 1.82) is 0 Å². The molecule has 0 bridgehead atoms. The summed E-state index contributed by atoms with van der Waals surface area (Å²) < 4.78 is 1.37. The Morgan fingerprint density at radius 1 is 1.30 bits per heavy atom. The van der Waals surface area contributed by atoms with Gasteiger partial charge in [0.15, 0.2) is 5.82 Å². The molecule has 1 heterocycles. The van der Waals surface area contributed by atoms with E-state index in [1.807, 2.05) is 0 Å². The summed E-state index contributed by atoms with van der Waals surface area (Å²) in [5.41, 5.74) is 0.612. The molecule has 1 aromatic carbocycles. The van der Waals surface area contributed by atoms with Gasteiger partial charge in [0.1, 0.15) is 6.54 Å². The molecule has 0 radical (unpaired) electrons. The van der Waals surface area contributed by atoms with Gasteiger partial charge in [0, 0.05) is 16.6 Å². The number of halogens is 1. The van der Waals surface area contributed by atoms with Gasteiger partial charge in [-0.1, -0.05) is 29.3 Å². The number of carbonyl (C=O) groups is 2. The minimum atomic E-state index is -0.256. The Balaban J connectivity index is 1.53. The van der Waals surface area contributed by atoms with Crippen LogP contribution in [0.15, 0.2) is 30.5 Å². The van der Waals surface area contributed by atoms with Crippen LogP contribution < -0.4 is 10.6 Å². The van der Waals surface area contributed by atoms with Crippen LogP contribution >= 0.6 is 11.6 Å². The van der Waals surface area contributed by atoms with Gasteiger partial charge in [-0.25, -0.2) is 4.68 Å². The quantitative estimate of drug-likeness (QED) is 0.878. The average Bonchev–Trinajstić information content (AvgIpc) is 2.83. The zero-order valence-corrected chi connectivity index (χ0v) is 13.1. The van der Waals surface area contributed by atoms with E-state index in [0.717, 1.165) is 19.3 Å². The van der Waals surface area contributed by atoms with Crippen LogP contribution in [0.5, 0.6) is 0 Å². The predicted octanol–water partition coefficient (Wildman–Crippen LogP) is 2.31. The molecular formula is C15H16ClN5O2. The molecule has 1 aliphatic rings. The van der Waals surface area contributed by atoms with E-state index in [9.17, 15) is 9.59 Å². The fraction of sp³-hybridized carbons (Fsp3) is 0.333. The predicted molar refractivity (Wildman–Crippen MR) is 86.1 cm³/mol. The van der Waals surface area contributed by atoms with Crippen molar-refractivity contribution in [1.82, 2.24) is 15.0 Å². The van der Waals surface area contributed by atoms with Gasteiger partial charge in [0.2, 0.25) is 11.8 Å². The summed E-state index contributed by atoms with van der Waals surface area (Å²) in [6, 6.07) is 6.88. The third kappa shape index (κ3) is 4.07. The lowest BCUT2D eigenvalue weighted by Crippen LogP contribution is -2.28. The van der Waals surface area contributed by atoms with Gasteiger partial charge in [-0.05, 0) is 31.0 Å². The van der Waals surface area contributed by atoms with Crippen LogP contribution in [0.3, 0.4) is 0 Å². The number of benzene rings is 1. The third-order valence-electron chi connectivity index (χ3n) is 3.68. The van der Waals surface area contributed by atoms with Crippen molar-refractivity contribution in [3.8, 4) is 0 Å². The van der Waals surface area contributed by atoms with Crippen molar-refractivity contribution in [2.24, 2.45) is 5.92 Å². The van der Waals surface area contributed by atoms with Gasteiger partial charge in [-0.3, -0.25) is 9.59 Å². The summed E-state index contributed by atoms with van der Waals surface area (Å²) in [5, 5.41) is 13.7. The van der Waals surface area contributed by atoms with E-state index in [1.54, 1.807) is 24.3 Å². The first kappa shape index (κ1) is 15.5. The van der Waals surface area contributed by atoms with Gasteiger partial charge >= 0.3 is 0 Å². The van der Waals surface area contributed by atoms with E-state index in [-0.39, 0.29) is 24.3 Å². The van der Waals surface area contributed by atoms with Crippen molar-refractivity contribution in [2.45, 2.75) is 25.8 Å². The smallest absolute Gasteiger partial charge is 0.246 e. The number of anilines is 2. The Morgan fingerprint density at radius 3 is 2.83 bits per heavy atom. The van der Waals surface area contributed by atoms with Crippen molar-refractivity contribution < 1.29 is 9.59 Å². The van der Waals surface area contributed by atoms with Crippen LogP contribution in [-0.2, 0) is 16.1 Å². The molecule has 7 nitrogen and oxygen atoms in total. The van der Waals surface area contributed by atoms with E-state index in [2.05, 4.69) is 20.9 Å². The third-order valence-corrected chi connectivity index (χ3v) is 3.91. The Morgan fingerprint density at radius 2 is 2.13 bits per heavy atom. The lowest BCUT2D eigenvalue weighted by Gasteiger charge is -2.23. The van der Waals surface area contributed by atoms with Gasteiger partial charge < -0.3 is 10.6 Å². The summed E-state index contributed by atoms with van der Waals surface area (Å²) in [7, 11) is 0. The number of nitrogens with one attached hydrogen (secondary N) is 2. The number of hydrogen-bond donors (Lipinski definition) is 2. The molecule has 2 amide bonds. The molecule has 120 valence electrons. The summed E-state index contributed by atoms with van der Waals surface area (Å²) in [4.78, 5) is 23.8. The number of hydrogen-bond acceptors (Lipinski definition) is 4. The second kappa shape index (κ2) is 6.78. The molecule has 2 N–H and O–H groups in total. The lowest BCUT2D eigenvalue weighted by atomic mass is 9.85. The summed E-state index contributed by atoms with van der Waals surface area (Å²) in [5.74, 6) is 0.143. The average molecular weight is 334 g/mol. The molecule has 2 aromatic rings. The zero-order valence-electron chi connectivity index (χ0n) is 12.3. The second-order valence-corrected chi connectivity index (χ2v) is 5.91. The molecule has 0 aliphatic heterocycles. The zero-order chi connectivity index (χ0) is 16.2. The van der Waals surface area contributed by atoms with Crippen LogP contribution in [0, 0.1) is 5.92 Å². The molecule has 1 fully saturated rings. The summed E-state index contributed by atoms with van der Waals surface area (Å²) in [6.07, 6.45) is 4.46. The van der Waals surface area contributed by atoms with Gasteiger partial charge in [0.25, 0.3) is 0 Å². The Kier molecular flexibility index (Phi) is 4.57. The van der Waals surface area contributed by atoms with Crippen molar-refractivity contribution >= 4 is 34.9 Å². The van der Waals surface area contributed by atoms with Crippen LogP contribution in [0.4, 0.5) is 11.5 Å². The first-order valence-corrected chi connectivity index (χ1v) is 7.74. The first-order valence-electron chi connectivity index (χ1n) is 7.36. The maximum Gasteiger partial charge on any atom is 0.246 e. The number of carbonyl (C=O) groups excluding carboxylic acids is 2. The minimum Gasteiger partial charge on any atom is -0.324 e. The van der Waals surface area contributed by atoms with E-state index in [4.69, 9.17) is 11.6 Å².